The van der Waals surface area contributed by atoms with E-state index in [2.05, 4.69) is 10.3 Å². The summed E-state index contributed by atoms with van der Waals surface area (Å²) in [6, 6.07) is 6.74. The highest BCUT2D eigenvalue weighted by Crippen LogP contribution is 2.29. The molecule has 0 unspecified atom stereocenters. The highest BCUT2D eigenvalue weighted by molar-refractivity contribution is 7.90. The number of sulfonamides is 1. The van der Waals surface area contributed by atoms with Crippen molar-refractivity contribution in [1.82, 2.24) is 10.3 Å². The lowest BCUT2D eigenvalue weighted by molar-refractivity contribution is 0.0941. The topological polar surface area (TPSA) is 75.3 Å². The Balaban J connectivity index is 1.84. The number of hydrogen-bond acceptors (Lipinski definition) is 3. The van der Waals surface area contributed by atoms with Gasteiger partial charge in [0.2, 0.25) is 10.0 Å². The number of aryl methyl sites for hydroxylation is 1. The molecule has 0 atom stereocenters. The third-order valence-corrected chi connectivity index (χ3v) is 6.96. The van der Waals surface area contributed by atoms with E-state index < -0.39 is 38.4 Å². The van der Waals surface area contributed by atoms with Gasteiger partial charge in [0.05, 0.1) is 15.8 Å². The van der Waals surface area contributed by atoms with Crippen molar-refractivity contribution >= 4 is 27.5 Å². The molecule has 1 aliphatic rings. The standard InChI is InChI=1S/C20H21ClF2N2O3S/c1-12-7-13(9-15(22)8-12)14-10-17(19(23)18(21)11-14)20(26)24-25-29(27,28)16-5-3-2-4-6-16/h7-11,16,25H,2-6H2,1H3,(H,24,26). The van der Waals surface area contributed by atoms with E-state index in [-0.39, 0.29) is 5.02 Å². The molecular formula is C20H21ClF2N2O3S. The fourth-order valence-corrected chi connectivity index (χ4v) is 5.04. The van der Waals surface area contributed by atoms with Gasteiger partial charge in [-0.1, -0.05) is 36.9 Å². The fourth-order valence-electron chi connectivity index (χ4n) is 3.47. The largest absolute Gasteiger partial charge is 0.274 e. The molecular weight excluding hydrogens is 422 g/mol. The first-order valence-electron chi connectivity index (χ1n) is 9.25. The normalized spacial score (nSPS) is 15.3. The first kappa shape index (κ1) is 21.7. The summed E-state index contributed by atoms with van der Waals surface area (Å²) in [6.45, 7) is 1.70. The highest BCUT2D eigenvalue weighted by atomic mass is 35.5. The first-order chi connectivity index (χ1) is 13.7. The third kappa shape index (κ3) is 5.12. The van der Waals surface area contributed by atoms with Gasteiger partial charge in [-0.25, -0.2) is 17.2 Å². The van der Waals surface area contributed by atoms with Crippen LogP contribution in [0.3, 0.4) is 0 Å². The molecule has 0 heterocycles. The van der Waals surface area contributed by atoms with E-state index in [0.717, 1.165) is 19.3 Å². The number of carbonyl (C=O) groups is 1. The van der Waals surface area contributed by atoms with Crippen LogP contribution in [0.1, 0.15) is 48.0 Å². The molecule has 1 amide bonds. The van der Waals surface area contributed by atoms with Gasteiger partial charge in [-0.15, -0.1) is 4.83 Å². The zero-order chi connectivity index (χ0) is 21.2. The fraction of sp³-hybridized carbons (Fsp3) is 0.350. The lowest BCUT2D eigenvalue weighted by atomic mass is 10.0. The zero-order valence-electron chi connectivity index (χ0n) is 15.8. The van der Waals surface area contributed by atoms with E-state index in [9.17, 15) is 22.0 Å². The van der Waals surface area contributed by atoms with Crippen LogP contribution in [-0.4, -0.2) is 19.6 Å². The molecule has 0 aliphatic heterocycles. The second-order valence-electron chi connectivity index (χ2n) is 7.20. The quantitative estimate of drug-likeness (QED) is 0.670. The summed E-state index contributed by atoms with van der Waals surface area (Å²) in [5, 5.41) is -0.920. The molecule has 2 aromatic rings. The van der Waals surface area contributed by atoms with Crippen LogP contribution in [0.25, 0.3) is 11.1 Å². The third-order valence-electron chi connectivity index (χ3n) is 4.95. The summed E-state index contributed by atoms with van der Waals surface area (Å²) >= 11 is 5.92. The molecule has 2 N–H and O–H groups in total. The van der Waals surface area contributed by atoms with Crippen LogP contribution in [0, 0.1) is 18.6 Å². The maximum Gasteiger partial charge on any atom is 0.269 e. The zero-order valence-corrected chi connectivity index (χ0v) is 17.3. The summed E-state index contributed by atoms with van der Waals surface area (Å²) in [6.07, 6.45) is 3.62. The molecule has 156 valence electrons. The van der Waals surface area contributed by atoms with Gasteiger partial charge in [0, 0.05) is 0 Å². The van der Waals surface area contributed by atoms with Crippen LogP contribution in [0.2, 0.25) is 5.02 Å². The molecule has 29 heavy (non-hydrogen) atoms. The van der Waals surface area contributed by atoms with E-state index >= 15 is 0 Å². The van der Waals surface area contributed by atoms with Crippen LogP contribution in [0.5, 0.6) is 0 Å². The summed E-state index contributed by atoms with van der Waals surface area (Å²) in [5.74, 6) is -2.46. The van der Waals surface area contributed by atoms with E-state index in [1.165, 1.54) is 24.3 Å². The van der Waals surface area contributed by atoms with Crippen LogP contribution in [-0.2, 0) is 10.0 Å². The number of halogens is 3. The van der Waals surface area contributed by atoms with Crippen molar-refractivity contribution in [1.29, 1.82) is 0 Å². The van der Waals surface area contributed by atoms with Gasteiger partial charge in [0.1, 0.15) is 5.82 Å². The molecule has 3 rings (SSSR count). The number of rotatable bonds is 5. The molecule has 0 radical (unpaired) electrons. The van der Waals surface area contributed by atoms with Crippen LogP contribution >= 0.6 is 11.6 Å². The van der Waals surface area contributed by atoms with Crippen molar-refractivity contribution in [3.05, 3.63) is 58.1 Å². The minimum atomic E-state index is -3.77. The van der Waals surface area contributed by atoms with Gasteiger partial charge in [0.15, 0.2) is 5.82 Å². The highest BCUT2D eigenvalue weighted by Gasteiger charge is 2.28. The molecule has 9 heteroatoms. The predicted molar refractivity (Wildman–Crippen MR) is 108 cm³/mol. The molecule has 0 aromatic heterocycles. The van der Waals surface area contributed by atoms with E-state index in [4.69, 9.17) is 11.6 Å². The van der Waals surface area contributed by atoms with Gasteiger partial charge in [0.25, 0.3) is 5.91 Å². The van der Waals surface area contributed by atoms with Gasteiger partial charge < -0.3 is 0 Å². The average molecular weight is 443 g/mol. The molecule has 2 aromatic carbocycles. The summed E-state index contributed by atoms with van der Waals surface area (Å²) in [4.78, 5) is 14.5. The number of hydrazine groups is 1. The van der Waals surface area contributed by atoms with Gasteiger partial charge in [-0.2, -0.15) is 0 Å². The van der Waals surface area contributed by atoms with Crippen LogP contribution in [0.15, 0.2) is 30.3 Å². The van der Waals surface area contributed by atoms with E-state index in [0.29, 0.717) is 29.5 Å². The second kappa shape index (κ2) is 8.77. The van der Waals surface area contributed by atoms with Crippen molar-refractivity contribution in [2.45, 2.75) is 44.3 Å². The van der Waals surface area contributed by atoms with Gasteiger partial charge in [-0.3, -0.25) is 10.2 Å². The molecule has 1 aliphatic carbocycles. The molecule has 5 nitrogen and oxygen atoms in total. The Morgan fingerprint density at radius 3 is 2.34 bits per heavy atom. The van der Waals surface area contributed by atoms with E-state index in [1.54, 1.807) is 13.0 Å². The van der Waals surface area contributed by atoms with Crippen molar-refractivity contribution in [2.24, 2.45) is 0 Å². The Hall–Kier alpha value is -2.03. The lowest BCUT2D eigenvalue weighted by Gasteiger charge is -2.22. The first-order valence-corrected chi connectivity index (χ1v) is 11.2. The Morgan fingerprint density at radius 1 is 1.03 bits per heavy atom. The molecule has 1 saturated carbocycles. The van der Waals surface area contributed by atoms with Crippen molar-refractivity contribution in [3.63, 3.8) is 0 Å². The number of nitrogens with one attached hydrogen (secondary N) is 2. The van der Waals surface area contributed by atoms with Crippen molar-refractivity contribution in [2.75, 3.05) is 0 Å². The number of benzene rings is 2. The van der Waals surface area contributed by atoms with E-state index in [1.807, 2.05) is 0 Å². The van der Waals surface area contributed by atoms with Crippen molar-refractivity contribution < 1.29 is 22.0 Å². The average Bonchev–Trinajstić information content (AvgIpc) is 2.68. The number of hydrogen-bond donors (Lipinski definition) is 2. The molecule has 0 saturated heterocycles. The Bertz CT molecular complexity index is 1020. The SMILES string of the molecule is Cc1cc(F)cc(-c2cc(Cl)c(F)c(C(=O)NNS(=O)(=O)C3CCCCC3)c2)c1. The molecule has 0 bridgehead atoms. The maximum absolute atomic E-state index is 14.4. The van der Waals surface area contributed by atoms with Gasteiger partial charge >= 0.3 is 0 Å². The second-order valence-corrected chi connectivity index (χ2v) is 9.57. The maximum atomic E-state index is 14.4. The van der Waals surface area contributed by atoms with Crippen LogP contribution < -0.4 is 10.3 Å². The number of amides is 1. The number of carbonyl (C=O) groups excluding carboxylic acids is 1. The Labute approximate surface area is 173 Å². The predicted octanol–water partition coefficient (Wildman–Crippen LogP) is 4.49. The monoisotopic (exact) mass is 442 g/mol. The molecule has 1 fully saturated rings. The van der Waals surface area contributed by atoms with Gasteiger partial charge in [-0.05, 0) is 60.7 Å². The lowest BCUT2D eigenvalue weighted by Crippen LogP contribution is -2.46. The molecule has 0 spiro atoms. The summed E-state index contributed by atoms with van der Waals surface area (Å²) in [5.41, 5.74) is 3.01. The smallest absolute Gasteiger partial charge is 0.269 e. The Morgan fingerprint density at radius 2 is 1.69 bits per heavy atom. The minimum absolute atomic E-state index is 0.329. The summed E-state index contributed by atoms with van der Waals surface area (Å²) < 4.78 is 52.9. The van der Waals surface area contributed by atoms with Crippen LogP contribution in [0.4, 0.5) is 8.78 Å². The summed E-state index contributed by atoms with van der Waals surface area (Å²) in [7, 11) is -3.77. The Kier molecular flexibility index (Phi) is 6.55. The minimum Gasteiger partial charge on any atom is -0.274 e. The van der Waals surface area contributed by atoms with Crippen molar-refractivity contribution in [3.8, 4) is 11.1 Å².